The number of nitrogens with zero attached hydrogens (tertiary/aromatic N) is 1. The summed E-state index contributed by atoms with van der Waals surface area (Å²) in [5, 5.41) is 13.3. The van der Waals surface area contributed by atoms with Crippen molar-refractivity contribution in [2.75, 3.05) is 26.4 Å². The van der Waals surface area contributed by atoms with E-state index in [1.807, 2.05) is 31.2 Å². The van der Waals surface area contributed by atoms with Crippen LogP contribution in [0.15, 0.2) is 40.3 Å². The van der Waals surface area contributed by atoms with Gasteiger partial charge in [0.2, 0.25) is 0 Å². The minimum atomic E-state index is -0.238. The lowest BCUT2D eigenvalue weighted by molar-refractivity contribution is -0.0436. The summed E-state index contributed by atoms with van der Waals surface area (Å²) >= 11 is 1.73. The molecule has 1 N–H and O–H groups in total. The van der Waals surface area contributed by atoms with Crippen molar-refractivity contribution in [1.82, 2.24) is 4.90 Å². The third-order valence-corrected chi connectivity index (χ3v) is 5.99. The Morgan fingerprint density at radius 1 is 1.32 bits per heavy atom. The third kappa shape index (κ3) is 3.26. The van der Waals surface area contributed by atoms with Crippen LogP contribution < -0.4 is 4.74 Å². The summed E-state index contributed by atoms with van der Waals surface area (Å²) in [7, 11) is 0. The van der Waals surface area contributed by atoms with Crippen molar-refractivity contribution in [2.45, 2.75) is 30.7 Å². The summed E-state index contributed by atoms with van der Waals surface area (Å²) in [6.07, 6.45) is 3.76. The zero-order valence-electron chi connectivity index (χ0n) is 14.3. The van der Waals surface area contributed by atoms with Gasteiger partial charge in [-0.15, -0.1) is 11.8 Å². The maximum Gasteiger partial charge on any atom is 0.134 e. The van der Waals surface area contributed by atoms with E-state index in [9.17, 15) is 5.11 Å². The second kappa shape index (κ2) is 6.94. The van der Waals surface area contributed by atoms with E-state index >= 15 is 0 Å². The van der Waals surface area contributed by atoms with Crippen molar-refractivity contribution in [3.8, 4) is 5.75 Å². The summed E-state index contributed by atoms with van der Waals surface area (Å²) in [4.78, 5) is 2.26. The van der Waals surface area contributed by atoms with Gasteiger partial charge in [-0.1, -0.05) is 0 Å². The minimum absolute atomic E-state index is 0.137. The fourth-order valence-corrected chi connectivity index (χ4v) is 4.55. The van der Waals surface area contributed by atoms with E-state index in [4.69, 9.17) is 13.9 Å². The molecule has 6 heteroatoms. The van der Waals surface area contributed by atoms with E-state index in [0.717, 1.165) is 35.3 Å². The number of benzene rings is 1. The Bertz CT molecular complexity index is 766. The molecule has 2 aromatic rings. The standard InChI is InChI=1S/C19H23NO4S/c1-14-10-15-11-16(2-3-17(15)24-14)23-12-18-20(6-9-25-18)19(13-21)4-7-22-8-5-19/h2-3,6,9-11,18,21H,4-5,7-8,12-13H2,1H3. The molecule has 1 unspecified atom stereocenters. The SMILES string of the molecule is Cc1cc2cc(OCC3SC=CN3C3(CO)CCOCC3)ccc2o1. The molecule has 2 aliphatic heterocycles. The highest BCUT2D eigenvalue weighted by atomic mass is 32.2. The molecule has 0 radical (unpaired) electrons. The molecule has 0 amide bonds. The van der Waals surface area contributed by atoms with E-state index < -0.39 is 0 Å². The fraction of sp³-hybridized carbons (Fsp3) is 0.474. The number of aliphatic hydroxyl groups excluding tert-OH is 1. The Hall–Kier alpha value is -1.63. The number of ether oxygens (including phenoxy) is 2. The summed E-state index contributed by atoms with van der Waals surface area (Å²) in [5.41, 5.74) is 0.641. The van der Waals surface area contributed by atoms with E-state index in [1.54, 1.807) is 11.8 Å². The molecule has 1 aromatic carbocycles. The molecule has 3 heterocycles. The van der Waals surface area contributed by atoms with Crippen LogP contribution in [0.1, 0.15) is 18.6 Å². The average molecular weight is 361 g/mol. The van der Waals surface area contributed by atoms with E-state index in [2.05, 4.69) is 16.5 Å². The lowest BCUT2D eigenvalue weighted by Gasteiger charge is -2.46. The first-order valence-electron chi connectivity index (χ1n) is 8.62. The third-order valence-electron chi connectivity index (χ3n) is 5.04. The van der Waals surface area contributed by atoms with Crippen molar-refractivity contribution in [3.05, 3.63) is 41.6 Å². The Kier molecular flexibility index (Phi) is 4.67. The van der Waals surface area contributed by atoms with Crippen molar-refractivity contribution in [3.63, 3.8) is 0 Å². The summed E-state index contributed by atoms with van der Waals surface area (Å²) in [5.74, 6) is 1.74. The second-order valence-corrected chi connectivity index (χ2v) is 7.73. The van der Waals surface area contributed by atoms with Gasteiger partial charge in [0, 0.05) is 24.8 Å². The van der Waals surface area contributed by atoms with Gasteiger partial charge in [-0.25, -0.2) is 0 Å². The van der Waals surface area contributed by atoms with Crippen molar-refractivity contribution in [2.24, 2.45) is 0 Å². The monoisotopic (exact) mass is 361 g/mol. The number of thioether (sulfide) groups is 1. The molecule has 5 nitrogen and oxygen atoms in total. The van der Waals surface area contributed by atoms with Crippen molar-refractivity contribution >= 4 is 22.7 Å². The number of aryl methyl sites for hydroxylation is 1. The predicted molar refractivity (Wildman–Crippen MR) is 98.7 cm³/mol. The molecule has 1 aromatic heterocycles. The lowest BCUT2D eigenvalue weighted by atomic mass is 9.89. The summed E-state index contributed by atoms with van der Waals surface area (Å²) in [6, 6.07) is 7.92. The fourth-order valence-electron chi connectivity index (χ4n) is 3.60. The average Bonchev–Trinajstić information content (AvgIpc) is 3.25. The number of hydrogen-bond acceptors (Lipinski definition) is 6. The highest BCUT2D eigenvalue weighted by Gasteiger charge is 2.41. The van der Waals surface area contributed by atoms with Crippen LogP contribution in [0.3, 0.4) is 0 Å². The molecule has 0 bridgehead atoms. The Morgan fingerprint density at radius 2 is 2.16 bits per heavy atom. The largest absolute Gasteiger partial charge is 0.490 e. The molecule has 25 heavy (non-hydrogen) atoms. The molecule has 1 fully saturated rings. The molecule has 0 aliphatic carbocycles. The van der Waals surface area contributed by atoms with Gasteiger partial charge in [0.1, 0.15) is 29.1 Å². The molecule has 134 valence electrons. The Balaban J connectivity index is 1.45. The van der Waals surface area contributed by atoms with Crippen LogP contribution in [0.5, 0.6) is 5.75 Å². The normalized spacial score (nSPS) is 22.6. The minimum Gasteiger partial charge on any atom is -0.490 e. The van der Waals surface area contributed by atoms with E-state index in [0.29, 0.717) is 19.8 Å². The maximum absolute atomic E-state index is 10.0. The molecule has 1 atom stereocenters. The van der Waals surface area contributed by atoms with Crippen LogP contribution in [0.4, 0.5) is 0 Å². The van der Waals surface area contributed by atoms with Crippen LogP contribution in [0, 0.1) is 6.92 Å². The van der Waals surface area contributed by atoms with Gasteiger partial charge >= 0.3 is 0 Å². The van der Waals surface area contributed by atoms with Crippen LogP contribution in [-0.2, 0) is 4.74 Å². The van der Waals surface area contributed by atoms with Crippen molar-refractivity contribution in [1.29, 1.82) is 0 Å². The number of fused-ring (bicyclic) bond motifs is 1. The van der Waals surface area contributed by atoms with Crippen LogP contribution >= 0.6 is 11.8 Å². The van der Waals surface area contributed by atoms with Gasteiger partial charge in [-0.2, -0.15) is 0 Å². The van der Waals surface area contributed by atoms with Gasteiger partial charge in [0.25, 0.3) is 0 Å². The highest BCUT2D eigenvalue weighted by molar-refractivity contribution is 8.02. The molecule has 0 spiro atoms. The molecule has 1 saturated heterocycles. The van der Waals surface area contributed by atoms with Gasteiger partial charge in [0.15, 0.2) is 0 Å². The molecule has 2 aliphatic rings. The summed E-state index contributed by atoms with van der Waals surface area (Å²) < 4.78 is 17.2. The second-order valence-electron chi connectivity index (χ2n) is 6.65. The number of hydrogen-bond donors (Lipinski definition) is 1. The quantitative estimate of drug-likeness (QED) is 0.880. The van der Waals surface area contributed by atoms with Crippen LogP contribution in [0.2, 0.25) is 0 Å². The maximum atomic E-state index is 10.0. The van der Waals surface area contributed by atoms with Gasteiger partial charge < -0.3 is 23.9 Å². The predicted octanol–water partition coefficient (Wildman–Crippen LogP) is 3.51. The van der Waals surface area contributed by atoms with Crippen molar-refractivity contribution < 1.29 is 19.0 Å². The Labute approximate surface area is 151 Å². The molecular formula is C19H23NO4S. The lowest BCUT2D eigenvalue weighted by Crippen LogP contribution is -2.55. The summed E-state index contributed by atoms with van der Waals surface area (Å²) in [6.45, 7) is 4.03. The van der Waals surface area contributed by atoms with Gasteiger partial charge in [-0.05, 0) is 49.4 Å². The smallest absolute Gasteiger partial charge is 0.134 e. The van der Waals surface area contributed by atoms with Gasteiger partial charge in [0.05, 0.1) is 12.1 Å². The zero-order chi connectivity index (χ0) is 17.3. The highest BCUT2D eigenvalue weighted by Crippen LogP contribution is 2.38. The molecule has 0 saturated carbocycles. The first-order valence-corrected chi connectivity index (χ1v) is 9.57. The molecular weight excluding hydrogens is 338 g/mol. The Morgan fingerprint density at radius 3 is 2.96 bits per heavy atom. The number of aliphatic hydroxyl groups is 1. The van der Waals surface area contributed by atoms with E-state index in [1.165, 1.54) is 0 Å². The van der Waals surface area contributed by atoms with Gasteiger partial charge in [-0.3, -0.25) is 0 Å². The number of furan rings is 1. The topological polar surface area (TPSA) is 55.1 Å². The number of rotatable bonds is 5. The molecule has 4 rings (SSSR count). The zero-order valence-corrected chi connectivity index (χ0v) is 15.1. The van der Waals surface area contributed by atoms with Crippen LogP contribution in [-0.4, -0.2) is 47.3 Å². The first-order chi connectivity index (χ1) is 12.2. The van der Waals surface area contributed by atoms with E-state index in [-0.39, 0.29) is 17.5 Å². The van der Waals surface area contributed by atoms with Crippen LogP contribution in [0.25, 0.3) is 11.0 Å². The first kappa shape index (κ1) is 16.8.